The number of rotatable bonds is 3. The number of carbonyl (C=O) groups is 3. The van der Waals surface area contributed by atoms with Gasteiger partial charge in [0.25, 0.3) is 0 Å². The topological polar surface area (TPSA) is 66.5 Å². The lowest BCUT2D eigenvalue weighted by Gasteiger charge is -2.17. The molecule has 4 atom stereocenters. The zero-order chi connectivity index (χ0) is 17.0. The van der Waals surface area contributed by atoms with Crippen LogP contribution in [-0.4, -0.2) is 29.2 Å². The van der Waals surface area contributed by atoms with Gasteiger partial charge in [-0.2, -0.15) is 0 Å². The third kappa shape index (κ3) is 2.30. The lowest BCUT2D eigenvalue weighted by molar-refractivity contribution is -0.143. The molecule has 1 aliphatic heterocycles. The summed E-state index contributed by atoms with van der Waals surface area (Å²) < 4.78 is 14.3. The molecule has 0 aromatic heterocycles. The average molecular weight is 393 g/mol. The standard InChI is InChI=1S/C17H14BrFN2O3/c18-10-3-4-12(11(19)6-10)20-13(22)7-21-16(23)14-8-1-2-9(5-8)15(14)17(21)24/h1-4,6,8-9,14-15H,5,7H2,(H,20,22)/t8-,9-,14+,15+/m0/s1. The number of benzene rings is 1. The number of nitrogens with one attached hydrogen (secondary N) is 1. The fourth-order valence-electron chi connectivity index (χ4n) is 4.04. The summed E-state index contributed by atoms with van der Waals surface area (Å²) in [5, 5.41) is 2.41. The van der Waals surface area contributed by atoms with Crippen LogP contribution >= 0.6 is 15.9 Å². The molecule has 0 spiro atoms. The minimum absolute atomic E-state index is 0.0178. The normalized spacial score (nSPS) is 30.2. The Hall–Kier alpha value is -2.02. The molecule has 3 amide bonds. The van der Waals surface area contributed by atoms with Crippen molar-refractivity contribution in [1.29, 1.82) is 0 Å². The molecule has 2 aliphatic carbocycles. The maximum Gasteiger partial charge on any atom is 0.244 e. The first-order valence-electron chi connectivity index (χ1n) is 7.74. The third-order valence-corrected chi connectivity index (χ3v) is 5.56. The van der Waals surface area contributed by atoms with Crippen molar-refractivity contribution in [2.75, 3.05) is 11.9 Å². The molecule has 2 bridgehead atoms. The number of hydrogen-bond acceptors (Lipinski definition) is 3. The summed E-state index contributed by atoms with van der Waals surface area (Å²) in [6, 6.07) is 4.25. The number of amides is 3. The minimum Gasteiger partial charge on any atom is -0.322 e. The number of carbonyl (C=O) groups excluding carboxylic acids is 3. The van der Waals surface area contributed by atoms with Crippen molar-refractivity contribution in [3.05, 3.63) is 40.6 Å². The highest BCUT2D eigenvalue weighted by atomic mass is 79.9. The highest BCUT2D eigenvalue weighted by Gasteiger charge is 2.59. The Morgan fingerprint density at radius 3 is 2.42 bits per heavy atom. The van der Waals surface area contributed by atoms with E-state index in [2.05, 4.69) is 21.2 Å². The summed E-state index contributed by atoms with van der Waals surface area (Å²) in [6.45, 7) is -0.375. The van der Waals surface area contributed by atoms with E-state index in [1.54, 1.807) is 6.07 Å². The van der Waals surface area contributed by atoms with Gasteiger partial charge in [-0.1, -0.05) is 28.1 Å². The number of likely N-dealkylation sites (tertiary alicyclic amines) is 1. The van der Waals surface area contributed by atoms with Gasteiger partial charge in [-0.15, -0.1) is 0 Å². The number of nitrogens with zero attached hydrogens (tertiary/aromatic N) is 1. The zero-order valence-electron chi connectivity index (χ0n) is 12.5. The van der Waals surface area contributed by atoms with Gasteiger partial charge in [-0.25, -0.2) is 4.39 Å². The summed E-state index contributed by atoms with van der Waals surface area (Å²) >= 11 is 3.14. The van der Waals surface area contributed by atoms with Crippen molar-refractivity contribution in [1.82, 2.24) is 4.90 Å². The van der Waals surface area contributed by atoms with E-state index < -0.39 is 11.7 Å². The second-order valence-corrected chi connectivity index (χ2v) is 7.35. The lowest BCUT2D eigenvalue weighted by atomic mass is 9.85. The second-order valence-electron chi connectivity index (χ2n) is 6.43. The Kier molecular flexibility index (Phi) is 3.56. The summed E-state index contributed by atoms with van der Waals surface area (Å²) in [5.41, 5.74) is 0.0178. The van der Waals surface area contributed by atoms with E-state index in [0.717, 1.165) is 11.3 Å². The van der Waals surface area contributed by atoms with Gasteiger partial charge in [0, 0.05) is 4.47 Å². The summed E-state index contributed by atoms with van der Waals surface area (Å²) in [7, 11) is 0. The molecule has 4 rings (SSSR count). The fourth-order valence-corrected chi connectivity index (χ4v) is 4.38. The fraction of sp³-hybridized carbons (Fsp3) is 0.353. The van der Waals surface area contributed by atoms with Crippen LogP contribution in [0.15, 0.2) is 34.8 Å². The summed E-state index contributed by atoms with van der Waals surface area (Å²) in [5.74, 6) is -2.19. The number of halogens is 2. The second kappa shape index (κ2) is 5.51. The van der Waals surface area contributed by atoms with Gasteiger partial charge in [-0.3, -0.25) is 19.3 Å². The van der Waals surface area contributed by atoms with Crippen LogP contribution < -0.4 is 5.32 Å². The number of allylic oxidation sites excluding steroid dienone is 2. The highest BCUT2D eigenvalue weighted by molar-refractivity contribution is 9.10. The molecule has 124 valence electrons. The SMILES string of the molecule is O=C(CN1C(=O)[C@H]2[C@H](C1=O)[C@H]1C=C[C@H]2C1)Nc1ccc(Br)cc1F. The Morgan fingerprint density at radius 1 is 1.21 bits per heavy atom. The van der Waals surface area contributed by atoms with Crippen LogP contribution in [0.25, 0.3) is 0 Å². The van der Waals surface area contributed by atoms with Crippen LogP contribution in [0.3, 0.4) is 0 Å². The molecule has 1 aromatic rings. The van der Waals surface area contributed by atoms with Crippen LogP contribution in [0.4, 0.5) is 10.1 Å². The van der Waals surface area contributed by atoms with E-state index in [-0.39, 0.29) is 47.7 Å². The van der Waals surface area contributed by atoms with Crippen LogP contribution in [0.1, 0.15) is 6.42 Å². The van der Waals surface area contributed by atoms with E-state index in [1.165, 1.54) is 12.1 Å². The largest absolute Gasteiger partial charge is 0.322 e. The van der Waals surface area contributed by atoms with E-state index in [0.29, 0.717) is 4.47 Å². The molecule has 5 nitrogen and oxygen atoms in total. The van der Waals surface area contributed by atoms with Crippen LogP contribution in [0, 0.1) is 29.5 Å². The zero-order valence-corrected chi connectivity index (χ0v) is 14.1. The molecule has 1 saturated carbocycles. The van der Waals surface area contributed by atoms with Gasteiger partial charge in [0.05, 0.1) is 17.5 Å². The lowest BCUT2D eigenvalue weighted by Crippen LogP contribution is -2.39. The van der Waals surface area contributed by atoms with Gasteiger partial charge in [-0.05, 0) is 36.5 Å². The molecule has 1 saturated heterocycles. The molecule has 1 heterocycles. The monoisotopic (exact) mass is 392 g/mol. The van der Waals surface area contributed by atoms with Gasteiger partial charge in [0.15, 0.2) is 0 Å². The molecule has 1 aromatic carbocycles. The van der Waals surface area contributed by atoms with Crippen LogP contribution in [0.2, 0.25) is 0 Å². The first kappa shape index (κ1) is 15.5. The Balaban J connectivity index is 1.47. The minimum atomic E-state index is -0.587. The predicted octanol–water partition coefficient (Wildman–Crippen LogP) is 2.33. The number of anilines is 1. The van der Waals surface area contributed by atoms with Gasteiger partial charge < -0.3 is 5.32 Å². The van der Waals surface area contributed by atoms with Crippen LogP contribution in [-0.2, 0) is 14.4 Å². The number of imide groups is 1. The Morgan fingerprint density at radius 2 is 1.83 bits per heavy atom. The van der Waals surface area contributed by atoms with Gasteiger partial charge in [0.2, 0.25) is 17.7 Å². The van der Waals surface area contributed by atoms with Crippen molar-refractivity contribution in [2.24, 2.45) is 23.7 Å². The molecule has 7 heteroatoms. The van der Waals surface area contributed by atoms with Crippen molar-refractivity contribution in [2.45, 2.75) is 6.42 Å². The number of hydrogen-bond donors (Lipinski definition) is 1. The Bertz CT molecular complexity index is 764. The molecule has 2 fully saturated rings. The predicted molar refractivity (Wildman–Crippen MR) is 87.2 cm³/mol. The molecular formula is C17H14BrFN2O3. The van der Waals surface area contributed by atoms with Crippen molar-refractivity contribution in [3.63, 3.8) is 0 Å². The quantitative estimate of drug-likeness (QED) is 0.633. The first-order chi connectivity index (χ1) is 11.5. The molecule has 3 aliphatic rings. The van der Waals surface area contributed by atoms with Gasteiger partial charge in [0.1, 0.15) is 12.4 Å². The molecule has 1 N–H and O–H groups in total. The first-order valence-corrected chi connectivity index (χ1v) is 8.53. The van der Waals surface area contributed by atoms with E-state index in [9.17, 15) is 18.8 Å². The third-order valence-electron chi connectivity index (χ3n) is 5.07. The molecule has 0 radical (unpaired) electrons. The number of fused-ring (bicyclic) bond motifs is 5. The summed E-state index contributed by atoms with van der Waals surface area (Å²) in [4.78, 5) is 38.2. The summed E-state index contributed by atoms with van der Waals surface area (Å²) in [6.07, 6.45) is 4.84. The average Bonchev–Trinajstić information content (AvgIpc) is 3.20. The smallest absolute Gasteiger partial charge is 0.244 e. The maximum atomic E-state index is 13.8. The van der Waals surface area contributed by atoms with Crippen molar-refractivity contribution < 1.29 is 18.8 Å². The van der Waals surface area contributed by atoms with Crippen LogP contribution in [0.5, 0.6) is 0 Å². The highest BCUT2D eigenvalue weighted by Crippen LogP contribution is 2.52. The van der Waals surface area contributed by atoms with Crippen molar-refractivity contribution in [3.8, 4) is 0 Å². The van der Waals surface area contributed by atoms with E-state index >= 15 is 0 Å². The van der Waals surface area contributed by atoms with Crippen molar-refractivity contribution >= 4 is 39.3 Å². The van der Waals surface area contributed by atoms with Gasteiger partial charge >= 0.3 is 0 Å². The molecule has 24 heavy (non-hydrogen) atoms. The maximum absolute atomic E-state index is 13.8. The Labute approximate surface area is 146 Å². The van der Waals surface area contributed by atoms with E-state index in [1.807, 2.05) is 12.2 Å². The van der Waals surface area contributed by atoms with E-state index in [4.69, 9.17) is 0 Å². The molecular weight excluding hydrogens is 379 g/mol. The molecule has 0 unspecified atom stereocenters.